The predicted octanol–water partition coefficient (Wildman–Crippen LogP) is 8.70. The Labute approximate surface area is 262 Å². The van der Waals surface area contributed by atoms with Gasteiger partial charge in [0.1, 0.15) is 23.3 Å². The van der Waals surface area contributed by atoms with E-state index < -0.39 is 121 Å². The zero-order chi connectivity index (χ0) is 37.0. The number of anilines is 2. The minimum absolute atomic E-state index is 0.0177. The van der Waals surface area contributed by atoms with Crippen molar-refractivity contribution in [2.45, 2.75) is 17.8 Å². The van der Waals surface area contributed by atoms with Gasteiger partial charge in [-0.05, 0) is 35.4 Å². The fraction of sp³-hybridized carbons (Fsp3) is 0.103. The van der Waals surface area contributed by atoms with Crippen LogP contribution in [-0.2, 0) is 5.41 Å². The lowest BCUT2D eigenvalue weighted by Crippen LogP contribution is -2.54. The average Bonchev–Trinajstić information content (AvgIpc) is 3.01. The third kappa shape index (κ3) is 5.58. The number of hydrogen-bond acceptors (Lipinski definition) is 6. The van der Waals surface area contributed by atoms with Crippen molar-refractivity contribution in [1.82, 2.24) is 0 Å². The summed E-state index contributed by atoms with van der Waals surface area (Å²) in [7, 11) is 0. The molecule has 0 aliphatic heterocycles. The van der Waals surface area contributed by atoms with Gasteiger partial charge in [0.25, 0.3) is 0 Å². The van der Waals surface area contributed by atoms with E-state index in [9.17, 15) is 61.5 Å². The number of rotatable bonds is 6. The third-order valence-electron chi connectivity index (χ3n) is 6.83. The van der Waals surface area contributed by atoms with Gasteiger partial charge in [-0.1, -0.05) is 12.1 Å². The first kappa shape index (κ1) is 35.9. The second kappa shape index (κ2) is 12.3. The van der Waals surface area contributed by atoms with Gasteiger partial charge in [0, 0.05) is 0 Å². The predicted molar refractivity (Wildman–Crippen MR) is 137 cm³/mol. The van der Waals surface area contributed by atoms with E-state index in [1.54, 1.807) is 0 Å². The quantitative estimate of drug-likeness (QED) is 0.117. The molecular formula is C29H10F14N4O2. The van der Waals surface area contributed by atoms with Gasteiger partial charge in [0.15, 0.2) is 34.8 Å². The van der Waals surface area contributed by atoms with Gasteiger partial charge in [0.2, 0.25) is 40.2 Å². The normalized spacial score (nSPS) is 12.0. The summed E-state index contributed by atoms with van der Waals surface area (Å²) in [6.45, 7) is 0. The molecule has 4 aromatic carbocycles. The Morgan fingerprint density at radius 1 is 0.490 bits per heavy atom. The van der Waals surface area contributed by atoms with Crippen LogP contribution in [0.15, 0.2) is 36.4 Å². The Kier molecular flexibility index (Phi) is 9.00. The van der Waals surface area contributed by atoms with E-state index in [0.717, 1.165) is 12.1 Å². The summed E-state index contributed by atoms with van der Waals surface area (Å²) in [6.07, 6.45) is -12.7. The molecule has 0 unspecified atom stereocenters. The Hall–Kier alpha value is -5.92. The highest BCUT2D eigenvalue weighted by Gasteiger charge is 2.72. The van der Waals surface area contributed by atoms with Crippen LogP contribution in [0.3, 0.4) is 0 Å². The largest absolute Gasteiger partial charge is 0.449 e. The monoisotopic (exact) mass is 712 g/mol. The van der Waals surface area contributed by atoms with Gasteiger partial charge < -0.3 is 20.9 Å². The van der Waals surface area contributed by atoms with E-state index in [2.05, 4.69) is 9.47 Å². The molecule has 49 heavy (non-hydrogen) atoms. The minimum Gasteiger partial charge on any atom is -0.449 e. The number of alkyl halides is 6. The van der Waals surface area contributed by atoms with Crippen molar-refractivity contribution in [2.75, 3.05) is 11.5 Å². The lowest BCUT2D eigenvalue weighted by Gasteiger charge is -2.38. The Bertz CT molecular complexity index is 1890. The summed E-state index contributed by atoms with van der Waals surface area (Å²) in [5, 5.41) is 17.3. The molecule has 0 radical (unpaired) electrons. The molecule has 0 heterocycles. The molecule has 0 aliphatic carbocycles. The van der Waals surface area contributed by atoms with Crippen molar-refractivity contribution in [3.8, 4) is 35.1 Å². The van der Waals surface area contributed by atoms with Crippen LogP contribution >= 0.6 is 0 Å². The maximum absolute atomic E-state index is 14.7. The molecule has 0 fully saturated rings. The van der Waals surface area contributed by atoms with Gasteiger partial charge in [-0.3, -0.25) is 0 Å². The molecule has 4 rings (SSSR count). The second-order valence-electron chi connectivity index (χ2n) is 9.60. The molecule has 0 atom stereocenters. The van der Waals surface area contributed by atoms with Crippen molar-refractivity contribution in [3.05, 3.63) is 105 Å². The first-order chi connectivity index (χ1) is 22.6. The fourth-order valence-corrected chi connectivity index (χ4v) is 4.55. The van der Waals surface area contributed by atoms with Crippen LogP contribution < -0.4 is 20.9 Å². The number of nitrogens with two attached hydrogens (primary N) is 2. The number of halogens is 14. The van der Waals surface area contributed by atoms with Crippen molar-refractivity contribution >= 4 is 11.4 Å². The smallest absolute Gasteiger partial charge is 0.411 e. The molecule has 0 bridgehead atoms. The number of ether oxygens (including phenoxy) is 2. The van der Waals surface area contributed by atoms with Crippen molar-refractivity contribution in [2.24, 2.45) is 0 Å². The number of nitrogens with zero attached hydrogens (tertiary/aromatic N) is 2. The molecule has 0 saturated heterocycles. The van der Waals surface area contributed by atoms with Gasteiger partial charge in [-0.25, -0.2) is 17.6 Å². The zero-order valence-electron chi connectivity index (χ0n) is 23.1. The molecular weight excluding hydrogens is 702 g/mol. The first-order valence-corrected chi connectivity index (χ1v) is 12.5. The summed E-state index contributed by atoms with van der Waals surface area (Å²) in [5.41, 5.74) is -3.35. The van der Waals surface area contributed by atoms with Crippen LogP contribution in [0.4, 0.5) is 72.8 Å². The van der Waals surface area contributed by atoms with Gasteiger partial charge in [-0.15, -0.1) is 0 Å². The molecule has 0 aliphatic rings. The van der Waals surface area contributed by atoms with E-state index in [1.165, 1.54) is 0 Å². The minimum atomic E-state index is -6.34. The number of hydrogen-bond donors (Lipinski definition) is 2. The van der Waals surface area contributed by atoms with Gasteiger partial charge in [0.05, 0.1) is 11.4 Å². The second-order valence-corrected chi connectivity index (χ2v) is 9.60. The van der Waals surface area contributed by atoms with E-state index in [1.807, 2.05) is 0 Å². The van der Waals surface area contributed by atoms with Crippen LogP contribution in [0.25, 0.3) is 0 Å². The van der Waals surface area contributed by atoms with Crippen molar-refractivity contribution in [3.63, 3.8) is 0 Å². The van der Waals surface area contributed by atoms with Crippen LogP contribution in [0.2, 0.25) is 0 Å². The number of benzene rings is 4. The van der Waals surface area contributed by atoms with E-state index in [0.29, 0.717) is 0 Å². The molecule has 6 nitrogen and oxygen atoms in total. The van der Waals surface area contributed by atoms with Crippen LogP contribution in [0, 0.1) is 69.2 Å². The Morgan fingerprint density at radius 3 is 1.00 bits per heavy atom. The number of nitriles is 2. The highest BCUT2D eigenvalue weighted by Crippen LogP contribution is 2.57. The summed E-state index contributed by atoms with van der Waals surface area (Å²) >= 11 is 0. The van der Waals surface area contributed by atoms with E-state index in [4.69, 9.17) is 22.0 Å². The molecule has 4 N–H and O–H groups in total. The molecule has 4 aromatic rings. The van der Waals surface area contributed by atoms with E-state index in [-0.39, 0.29) is 36.4 Å². The highest BCUT2D eigenvalue weighted by molar-refractivity contribution is 5.63. The lowest BCUT2D eigenvalue weighted by atomic mass is 9.72. The van der Waals surface area contributed by atoms with Crippen molar-refractivity contribution in [1.29, 1.82) is 10.5 Å². The molecule has 0 aromatic heterocycles. The van der Waals surface area contributed by atoms with Gasteiger partial charge >= 0.3 is 12.4 Å². The molecule has 0 spiro atoms. The summed E-state index contributed by atoms with van der Waals surface area (Å²) in [6, 6.07) is 2.21. The van der Waals surface area contributed by atoms with Gasteiger partial charge in [-0.2, -0.15) is 54.4 Å². The third-order valence-corrected chi connectivity index (χ3v) is 6.83. The highest BCUT2D eigenvalue weighted by atomic mass is 19.4. The molecule has 20 heteroatoms. The summed E-state index contributed by atoms with van der Waals surface area (Å²) < 4.78 is 210. The summed E-state index contributed by atoms with van der Waals surface area (Å²) in [5.74, 6) is -24.2. The van der Waals surface area contributed by atoms with Crippen LogP contribution in [-0.4, -0.2) is 12.4 Å². The average molecular weight is 712 g/mol. The maximum Gasteiger partial charge on any atom is 0.411 e. The fourth-order valence-electron chi connectivity index (χ4n) is 4.55. The lowest BCUT2D eigenvalue weighted by molar-refractivity contribution is -0.288. The first-order valence-electron chi connectivity index (χ1n) is 12.5. The Morgan fingerprint density at radius 2 is 0.776 bits per heavy atom. The molecule has 256 valence electrons. The SMILES string of the molecule is N#Cc1c(F)c(F)c(Oc2ccc(C(c3ccc(Oc4c(F)c(F)c(C#N)c(F)c4F)c(N)c3)(C(F)(F)F)C(F)(F)F)cc2N)c(F)c1F. The zero-order valence-corrected chi connectivity index (χ0v) is 23.1. The molecule has 0 amide bonds. The Balaban J connectivity index is 1.87. The number of nitrogen functional groups attached to an aromatic ring is 2. The topological polar surface area (TPSA) is 118 Å². The van der Waals surface area contributed by atoms with Crippen LogP contribution in [0.5, 0.6) is 23.0 Å². The standard InChI is InChI=1S/C29H10F14N4O2/c30-17-11(7-44)18(31)22(35)25(21(17)34)48-15-3-1-9(5-13(15)46)27(28(38,39)40,29(41,42)43)10-2-4-16(14(47)6-10)49-26-23(36)19(32)12(8-45)20(33)24(26)37/h1-6H,46-47H2. The van der Waals surface area contributed by atoms with E-state index >= 15 is 0 Å². The molecule has 0 saturated carbocycles. The maximum atomic E-state index is 14.7. The van der Waals surface area contributed by atoms with Crippen LogP contribution in [0.1, 0.15) is 22.3 Å². The summed E-state index contributed by atoms with van der Waals surface area (Å²) in [4.78, 5) is 0. The van der Waals surface area contributed by atoms with Crippen molar-refractivity contribution < 1.29 is 70.9 Å².